The second-order valence-corrected chi connectivity index (χ2v) is 6.47. The lowest BCUT2D eigenvalue weighted by Gasteiger charge is -2.20. The Morgan fingerprint density at radius 2 is 1.84 bits per heavy atom. The number of carbonyl (C=O) groups excluding carboxylic acids is 2. The standard InChI is InChI=1S/C18H20BrN3O3/c1-11(13-8-9-15(25-2)14(19)10-13)21-16(17(23)22-18(20)24)12-6-4-3-5-7-12/h3-11,16,21H,1-2H3,(H3,20,22,23,24)/p+1/t11-,16+/m1/s1. The number of carbonyl (C=O) groups is 2. The summed E-state index contributed by atoms with van der Waals surface area (Å²) in [5, 5.41) is 4.06. The molecule has 0 unspecified atom stereocenters. The van der Waals surface area contributed by atoms with Gasteiger partial charge in [-0.25, -0.2) is 4.79 Å². The van der Waals surface area contributed by atoms with Gasteiger partial charge in [-0.1, -0.05) is 30.3 Å². The van der Waals surface area contributed by atoms with E-state index in [-0.39, 0.29) is 6.04 Å². The third-order valence-corrected chi connectivity index (χ3v) is 4.49. The predicted octanol–water partition coefficient (Wildman–Crippen LogP) is 2.02. The zero-order valence-corrected chi connectivity index (χ0v) is 15.6. The zero-order chi connectivity index (χ0) is 18.4. The van der Waals surface area contributed by atoms with Gasteiger partial charge in [-0.15, -0.1) is 0 Å². The maximum atomic E-state index is 12.4. The van der Waals surface area contributed by atoms with E-state index in [9.17, 15) is 9.59 Å². The SMILES string of the molecule is COc1ccc([C@@H](C)[NH2+][C@H](C(=O)NC(N)=O)c2ccccc2)cc1Br. The normalized spacial score (nSPS) is 12.9. The highest BCUT2D eigenvalue weighted by Gasteiger charge is 2.28. The number of methoxy groups -OCH3 is 1. The van der Waals surface area contributed by atoms with Crippen LogP contribution in [-0.2, 0) is 4.79 Å². The van der Waals surface area contributed by atoms with Crippen LogP contribution in [0.1, 0.15) is 30.1 Å². The quantitative estimate of drug-likeness (QED) is 0.684. The van der Waals surface area contributed by atoms with Crippen LogP contribution < -0.4 is 21.1 Å². The minimum atomic E-state index is -0.862. The smallest absolute Gasteiger partial charge is 0.319 e. The molecule has 2 aromatic carbocycles. The zero-order valence-electron chi connectivity index (χ0n) is 14.0. The highest BCUT2D eigenvalue weighted by Crippen LogP contribution is 2.27. The van der Waals surface area contributed by atoms with Gasteiger partial charge in [0.15, 0.2) is 6.04 Å². The third-order valence-electron chi connectivity index (χ3n) is 3.87. The number of imide groups is 1. The van der Waals surface area contributed by atoms with Crippen molar-refractivity contribution in [3.05, 3.63) is 64.1 Å². The van der Waals surface area contributed by atoms with Gasteiger partial charge in [0.25, 0.3) is 5.91 Å². The molecule has 0 aromatic heterocycles. The molecule has 0 radical (unpaired) electrons. The highest BCUT2D eigenvalue weighted by atomic mass is 79.9. The Hall–Kier alpha value is -2.38. The van der Waals surface area contributed by atoms with Gasteiger partial charge in [0, 0.05) is 11.1 Å². The van der Waals surface area contributed by atoms with Crippen molar-refractivity contribution in [2.75, 3.05) is 7.11 Å². The molecule has 0 aliphatic carbocycles. The number of ether oxygens (including phenoxy) is 1. The number of quaternary nitrogens is 1. The molecule has 25 heavy (non-hydrogen) atoms. The molecule has 0 aliphatic heterocycles. The molecule has 0 aliphatic rings. The van der Waals surface area contributed by atoms with E-state index < -0.39 is 18.0 Å². The molecule has 5 N–H and O–H groups in total. The summed E-state index contributed by atoms with van der Waals surface area (Å²) in [7, 11) is 1.61. The monoisotopic (exact) mass is 406 g/mol. The lowest BCUT2D eigenvalue weighted by Crippen LogP contribution is -2.88. The lowest BCUT2D eigenvalue weighted by atomic mass is 10.0. The number of hydrogen-bond donors (Lipinski definition) is 3. The van der Waals surface area contributed by atoms with Crippen LogP contribution in [0.5, 0.6) is 5.75 Å². The first-order chi connectivity index (χ1) is 11.9. The highest BCUT2D eigenvalue weighted by molar-refractivity contribution is 9.10. The van der Waals surface area contributed by atoms with Crippen molar-refractivity contribution in [1.29, 1.82) is 0 Å². The Balaban J connectivity index is 2.25. The number of primary amides is 1. The molecule has 2 atom stereocenters. The van der Waals surface area contributed by atoms with Gasteiger partial charge in [-0.05, 0) is 41.1 Å². The molecule has 0 spiro atoms. The van der Waals surface area contributed by atoms with E-state index in [1.807, 2.05) is 60.8 Å². The first-order valence-electron chi connectivity index (χ1n) is 7.76. The van der Waals surface area contributed by atoms with Crippen molar-refractivity contribution in [2.45, 2.75) is 19.0 Å². The van der Waals surface area contributed by atoms with E-state index in [2.05, 4.69) is 21.2 Å². The van der Waals surface area contributed by atoms with Crippen LogP contribution in [0.25, 0.3) is 0 Å². The Bertz CT molecular complexity index is 752. The van der Waals surface area contributed by atoms with Crippen LogP contribution in [0.4, 0.5) is 4.79 Å². The fourth-order valence-electron chi connectivity index (χ4n) is 2.58. The summed E-state index contributed by atoms with van der Waals surface area (Å²) in [6.07, 6.45) is 0. The summed E-state index contributed by atoms with van der Waals surface area (Å²) in [5.41, 5.74) is 6.90. The average molecular weight is 407 g/mol. The topological polar surface area (TPSA) is 98.0 Å². The van der Waals surface area contributed by atoms with Crippen LogP contribution in [-0.4, -0.2) is 19.0 Å². The molecular formula is C18H21BrN3O3+. The first kappa shape index (κ1) is 19.0. The Morgan fingerprint density at radius 3 is 2.40 bits per heavy atom. The molecule has 7 heteroatoms. The summed E-state index contributed by atoms with van der Waals surface area (Å²) >= 11 is 3.47. The van der Waals surface area contributed by atoms with Crippen molar-refractivity contribution in [3.8, 4) is 5.75 Å². The summed E-state index contributed by atoms with van der Waals surface area (Å²) in [6, 6.07) is 13.5. The summed E-state index contributed by atoms with van der Waals surface area (Å²) < 4.78 is 6.08. The fraction of sp³-hybridized carbons (Fsp3) is 0.222. The van der Waals surface area contributed by atoms with E-state index in [1.165, 1.54) is 0 Å². The maximum Gasteiger partial charge on any atom is 0.319 e. The predicted molar refractivity (Wildman–Crippen MR) is 97.9 cm³/mol. The minimum absolute atomic E-state index is 0.0361. The number of hydrogen-bond acceptors (Lipinski definition) is 3. The fourth-order valence-corrected chi connectivity index (χ4v) is 3.13. The van der Waals surface area contributed by atoms with Gasteiger partial charge in [0.05, 0.1) is 11.6 Å². The van der Waals surface area contributed by atoms with Gasteiger partial charge in [0.2, 0.25) is 0 Å². The number of amides is 3. The van der Waals surface area contributed by atoms with Crippen LogP contribution in [0.15, 0.2) is 53.0 Å². The number of halogens is 1. The Kier molecular flexibility index (Phi) is 6.55. The van der Waals surface area contributed by atoms with Gasteiger partial charge in [0.1, 0.15) is 11.8 Å². The molecule has 0 saturated carbocycles. The lowest BCUT2D eigenvalue weighted by molar-refractivity contribution is -0.719. The van der Waals surface area contributed by atoms with E-state index in [0.717, 1.165) is 21.3 Å². The van der Waals surface area contributed by atoms with Crippen molar-refractivity contribution >= 4 is 27.9 Å². The van der Waals surface area contributed by atoms with Crippen LogP contribution in [0.2, 0.25) is 0 Å². The van der Waals surface area contributed by atoms with Gasteiger partial charge in [-0.3, -0.25) is 10.1 Å². The molecule has 0 fully saturated rings. The summed E-state index contributed by atoms with van der Waals surface area (Å²) in [5.74, 6) is 0.292. The molecular weight excluding hydrogens is 386 g/mol. The molecule has 0 bridgehead atoms. The van der Waals surface area contributed by atoms with Crippen molar-refractivity contribution < 1.29 is 19.6 Å². The average Bonchev–Trinajstić information content (AvgIpc) is 2.59. The molecule has 6 nitrogen and oxygen atoms in total. The second kappa shape index (κ2) is 8.64. The number of benzene rings is 2. The van der Waals surface area contributed by atoms with Crippen LogP contribution in [0.3, 0.4) is 0 Å². The number of urea groups is 1. The van der Waals surface area contributed by atoms with Gasteiger partial charge in [-0.2, -0.15) is 0 Å². The first-order valence-corrected chi connectivity index (χ1v) is 8.55. The van der Waals surface area contributed by atoms with Crippen molar-refractivity contribution in [3.63, 3.8) is 0 Å². The minimum Gasteiger partial charge on any atom is -0.496 e. The van der Waals surface area contributed by atoms with Gasteiger partial charge >= 0.3 is 6.03 Å². The number of nitrogens with one attached hydrogen (secondary N) is 1. The molecule has 132 valence electrons. The van der Waals surface area contributed by atoms with Crippen molar-refractivity contribution in [1.82, 2.24) is 5.32 Å². The van der Waals surface area contributed by atoms with E-state index >= 15 is 0 Å². The molecule has 2 aromatic rings. The van der Waals surface area contributed by atoms with Crippen molar-refractivity contribution in [2.24, 2.45) is 5.73 Å². The Morgan fingerprint density at radius 1 is 1.16 bits per heavy atom. The molecule has 0 heterocycles. The summed E-state index contributed by atoms with van der Waals surface area (Å²) in [6.45, 7) is 1.99. The third kappa shape index (κ3) is 5.04. The second-order valence-electron chi connectivity index (χ2n) is 5.62. The summed E-state index contributed by atoms with van der Waals surface area (Å²) in [4.78, 5) is 23.5. The molecule has 2 rings (SSSR count). The largest absolute Gasteiger partial charge is 0.496 e. The number of nitrogens with two attached hydrogens (primary N) is 2. The van der Waals surface area contributed by atoms with E-state index in [1.54, 1.807) is 7.11 Å². The van der Waals surface area contributed by atoms with Gasteiger partial charge < -0.3 is 15.8 Å². The van der Waals surface area contributed by atoms with Crippen LogP contribution in [0, 0.1) is 0 Å². The molecule has 0 saturated heterocycles. The Labute approximate surface area is 154 Å². The maximum absolute atomic E-state index is 12.4. The van der Waals surface area contributed by atoms with Crippen LogP contribution >= 0.6 is 15.9 Å². The van der Waals surface area contributed by atoms with E-state index in [0.29, 0.717) is 0 Å². The molecule has 3 amide bonds. The number of rotatable bonds is 6. The van der Waals surface area contributed by atoms with E-state index in [4.69, 9.17) is 10.5 Å².